The van der Waals surface area contributed by atoms with E-state index in [1.165, 1.54) is 22.4 Å². The zero-order chi connectivity index (χ0) is 25.8. The number of hydrogen-bond acceptors (Lipinski definition) is 4. The minimum absolute atomic E-state index is 0.248. The Morgan fingerprint density at radius 2 is 1.84 bits per heavy atom. The first kappa shape index (κ1) is 24.5. The highest BCUT2D eigenvalue weighted by atomic mass is 16.3. The molecule has 2 fully saturated rings. The van der Waals surface area contributed by atoms with Crippen LogP contribution in [0.15, 0.2) is 71.5 Å². The fourth-order valence-electron chi connectivity index (χ4n) is 7.90. The molecule has 0 spiro atoms. The van der Waals surface area contributed by atoms with Gasteiger partial charge in [-0.15, -0.1) is 0 Å². The second-order valence-corrected chi connectivity index (χ2v) is 12.0. The van der Waals surface area contributed by atoms with Crippen LogP contribution in [0.4, 0.5) is 5.69 Å². The van der Waals surface area contributed by atoms with E-state index in [-0.39, 0.29) is 17.4 Å². The molecule has 2 saturated carbocycles. The number of pyridine rings is 1. The van der Waals surface area contributed by atoms with Gasteiger partial charge in [0, 0.05) is 37.3 Å². The van der Waals surface area contributed by atoms with Gasteiger partial charge in [-0.25, -0.2) is 4.98 Å². The second-order valence-electron chi connectivity index (χ2n) is 12.0. The van der Waals surface area contributed by atoms with E-state index >= 15 is 0 Å². The Labute approximate surface area is 221 Å². The van der Waals surface area contributed by atoms with Crippen molar-refractivity contribution >= 4 is 5.69 Å². The van der Waals surface area contributed by atoms with Gasteiger partial charge in [-0.05, 0) is 104 Å². The van der Waals surface area contributed by atoms with Crippen molar-refractivity contribution < 1.29 is 10.2 Å². The molecule has 1 aromatic heterocycles. The van der Waals surface area contributed by atoms with E-state index in [4.69, 9.17) is 0 Å². The van der Waals surface area contributed by atoms with Gasteiger partial charge in [0.2, 0.25) is 0 Å². The molecule has 6 atom stereocenters. The molecule has 1 aromatic carbocycles. The fourth-order valence-corrected chi connectivity index (χ4v) is 7.90. The van der Waals surface area contributed by atoms with Crippen LogP contribution in [0.3, 0.4) is 0 Å². The van der Waals surface area contributed by atoms with Crippen LogP contribution < -0.4 is 4.90 Å². The van der Waals surface area contributed by atoms with Crippen molar-refractivity contribution in [2.24, 2.45) is 17.3 Å². The van der Waals surface area contributed by atoms with Crippen LogP contribution in [-0.4, -0.2) is 41.0 Å². The second kappa shape index (κ2) is 9.15. The van der Waals surface area contributed by atoms with Crippen molar-refractivity contribution in [1.29, 1.82) is 0 Å². The minimum Gasteiger partial charge on any atom is -0.389 e. The maximum absolute atomic E-state index is 12.2. The van der Waals surface area contributed by atoms with E-state index in [0.29, 0.717) is 24.0 Å². The smallest absolute Gasteiger partial charge is 0.131 e. The summed E-state index contributed by atoms with van der Waals surface area (Å²) in [4.78, 5) is 6.52. The summed E-state index contributed by atoms with van der Waals surface area (Å²) in [6.45, 7) is 2.30. The topological polar surface area (TPSA) is 56.6 Å². The predicted molar refractivity (Wildman–Crippen MR) is 148 cm³/mol. The summed E-state index contributed by atoms with van der Waals surface area (Å²) < 4.78 is 0. The summed E-state index contributed by atoms with van der Waals surface area (Å²) in [5, 5.41) is 22.5. The summed E-state index contributed by atoms with van der Waals surface area (Å²) in [5.41, 5.74) is 6.36. The molecule has 2 aromatic rings. The number of aliphatic hydroxyl groups excluding tert-OH is 1. The first-order valence-corrected chi connectivity index (χ1v) is 13.8. The summed E-state index contributed by atoms with van der Waals surface area (Å²) in [5.74, 6) is 7.66. The van der Waals surface area contributed by atoms with Crippen molar-refractivity contribution in [3.8, 4) is 11.8 Å². The zero-order valence-electron chi connectivity index (χ0n) is 22.2. The molecule has 4 aliphatic rings. The van der Waals surface area contributed by atoms with E-state index in [1.54, 1.807) is 11.8 Å². The number of aliphatic hydroxyl groups is 2. The molecule has 4 nitrogen and oxygen atoms in total. The Bertz CT molecular complexity index is 1300. The molecular weight excluding hydrogens is 456 g/mol. The van der Waals surface area contributed by atoms with E-state index < -0.39 is 5.60 Å². The van der Waals surface area contributed by atoms with Crippen LogP contribution in [0, 0.1) is 29.1 Å². The average Bonchev–Trinajstić information content (AvgIpc) is 3.17. The molecule has 0 saturated heterocycles. The highest BCUT2D eigenvalue weighted by Crippen LogP contribution is 2.66. The number of hydrogen-bond donors (Lipinski definition) is 2. The summed E-state index contributed by atoms with van der Waals surface area (Å²) >= 11 is 0. The van der Waals surface area contributed by atoms with Crippen molar-refractivity contribution in [3.05, 3.63) is 82.7 Å². The normalized spacial score (nSPS) is 34.5. The number of aromatic nitrogens is 1. The lowest BCUT2D eigenvalue weighted by Crippen LogP contribution is -2.51. The third-order valence-electron chi connectivity index (χ3n) is 9.89. The van der Waals surface area contributed by atoms with Gasteiger partial charge in [0.15, 0.2) is 0 Å². The Kier molecular flexibility index (Phi) is 6.05. The molecule has 0 aliphatic heterocycles. The average molecular weight is 495 g/mol. The van der Waals surface area contributed by atoms with Crippen molar-refractivity contribution in [1.82, 2.24) is 4.98 Å². The number of benzene rings is 1. The number of fused-ring (bicyclic) bond motifs is 4. The number of anilines is 1. The fraction of sp³-hybridized carbons (Fsp3) is 0.485. The molecule has 4 heteroatoms. The van der Waals surface area contributed by atoms with Gasteiger partial charge in [-0.3, -0.25) is 0 Å². The number of rotatable bonds is 2. The Balaban J connectivity index is 1.46. The van der Waals surface area contributed by atoms with E-state index in [0.717, 1.165) is 38.5 Å². The van der Waals surface area contributed by atoms with E-state index in [9.17, 15) is 10.2 Å². The molecule has 1 heterocycles. The van der Waals surface area contributed by atoms with Crippen LogP contribution in [0.2, 0.25) is 0 Å². The van der Waals surface area contributed by atoms with Gasteiger partial charge in [-0.2, -0.15) is 0 Å². The molecule has 37 heavy (non-hydrogen) atoms. The molecular formula is C33H38N2O2. The third-order valence-corrected chi connectivity index (χ3v) is 9.89. The monoisotopic (exact) mass is 494 g/mol. The van der Waals surface area contributed by atoms with E-state index in [2.05, 4.69) is 73.1 Å². The maximum atomic E-state index is 12.2. The Hall–Kier alpha value is -2.87. The van der Waals surface area contributed by atoms with Crippen molar-refractivity contribution in [2.75, 3.05) is 19.0 Å². The molecule has 0 radical (unpaired) electrons. The summed E-state index contributed by atoms with van der Waals surface area (Å²) in [7, 11) is 4.15. The largest absolute Gasteiger partial charge is 0.389 e. The first-order valence-electron chi connectivity index (χ1n) is 13.8. The zero-order valence-corrected chi connectivity index (χ0v) is 22.2. The van der Waals surface area contributed by atoms with Crippen LogP contribution in [0.1, 0.15) is 69.0 Å². The predicted octanol–water partition coefficient (Wildman–Crippen LogP) is 5.62. The Morgan fingerprint density at radius 3 is 2.57 bits per heavy atom. The highest BCUT2D eigenvalue weighted by molar-refractivity contribution is 5.52. The first-order chi connectivity index (χ1) is 17.8. The quantitative estimate of drug-likeness (QED) is 0.532. The molecule has 2 N–H and O–H groups in total. The van der Waals surface area contributed by atoms with Gasteiger partial charge in [0.25, 0.3) is 0 Å². The molecule has 1 unspecified atom stereocenters. The molecule has 0 amide bonds. The van der Waals surface area contributed by atoms with Crippen molar-refractivity contribution in [3.63, 3.8) is 0 Å². The van der Waals surface area contributed by atoms with E-state index in [1.807, 2.05) is 18.2 Å². The van der Waals surface area contributed by atoms with Gasteiger partial charge in [0.05, 0.1) is 6.10 Å². The molecule has 4 aliphatic carbocycles. The maximum Gasteiger partial charge on any atom is 0.131 e. The van der Waals surface area contributed by atoms with Gasteiger partial charge in [0.1, 0.15) is 11.3 Å². The highest BCUT2D eigenvalue weighted by Gasteiger charge is 2.62. The summed E-state index contributed by atoms with van der Waals surface area (Å²) in [6.07, 6.45) is 10.0. The molecule has 0 bridgehead atoms. The SMILES string of the molecule is CN(C)c1ccc([C@H]2C[C@@]3(C)[C@@H](CC[C@@]3(O)C#Cc3ccccn3)[C@@H]3CCC4=CC(O)CCC4=C32)cc1. The van der Waals surface area contributed by atoms with Crippen molar-refractivity contribution in [2.45, 2.75) is 69.5 Å². The Morgan fingerprint density at radius 1 is 1.03 bits per heavy atom. The molecule has 192 valence electrons. The lowest BCUT2D eigenvalue weighted by atomic mass is 9.51. The lowest BCUT2D eigenvalue weighted by Gasteiger charge is -2.54. The third kappa shape index (κ3) is 4.04. The summed E-state index contributed by atoms with van der Waals surface area (Å²) in [6, 6.07) is 14.8. The molecule has 6 rings (SSSR count). The van der Waals surface area contributed by atoms with Crippen LogP contribution in [0.5, 0.6) is 0 Å². The standard InChI is InChI=1S/C33H38N2O2/c1-32-21-29(22-7-10-25(11-8-22)35(2)3)31-27-14-12-26(36)20-23(27)9-13-28(31)30(32)16-18-33(32,37)17-15-24-6-4-5-19-34-24/h4-8,10-11,19-20,26,28-30,36-37H,9,12-14,16,18,21H2,1-3H3/t26?,28-,29+,30-,32-,33-/m0/s1. The van der Waals surface area contributed by atoms with Crippen LogP contribution >= 0.6 is 0 Å². The van der Waals surface area contributed by atoms with Crippen LogP contribution in [-0.2, 0) is 0 Å². The van der Waals surface area contributed by atoms with Gasteiger partial charge >= 0.3 is 0 Å². The van der Waals surface area contributed by atoms with Gasteiger partial charge in [-0.1, -0.05) is 42.7 Å². The number of nitrogens with zero attached hydrogens (tertiary/aromatic N) is 2. The lowest BCUT2D eigenvalue weighted by molar-refractivity contribution is -0.0513. The van der Waals surface area contributed by atoms with Gasteiger partial charge < -0.3 is 15.1 Å². The van der Waals surface area contributed by atoms with Crippen LogP contribution in [0.25, 0.3) is 0 Å². The number of allylic oxidation sites excluding steroid dienone is 3. The minimum atomic E-state index is -1.04.